The molecular weight excluding hydrogens is 228 g/mol. The maximum atomic E-state index is 11.6. The highest BCUT2D eigenvalue weighted by Gasteiger charge is 2.17. The molecule has 100 valence electrons. The van der Waals surface area contributed by atoms with Crippen LogP contribution in [0, 0.1) is 0 Å². The largest absolute Gasteiger partial charge is 0.358 e. The van der Waals surface area contributed by atoms with E-state index in [0.717, 1.165) is 24.7 Å². The molecule has 0 aromatic carbocycles. The Kier molecular flexibility index (Phi) is 4.01. The maximum absolute atomic E-state index is 11.6. The molecule has 1 aliphatic rings. The predicted molar refractivity (Wildman–Crippen MR) is 73.2 cm³/mol. The lowest BCUT2D eigenvalue weighted by Gasteiger charge is -2.22. The Balaban J connectivity index is 2.13. The fourth-order valence-corrected chi connectivity index (χ4v) is 2.27. The van der Waals surface area contributed by atoms with Gasteiger partial charge >= 0.3 is 0 Å². The van der Waals surface area contributed by atoms with Crippen LogP contribution in [-0.4, -0.2) is 36.1 Å². The number of H-pyrrole nitrogens is 1. The molecule has 2 N–H and O–H groups in total. The Hall–Kier alpha value is -1.36. The summed E-state index contributed by atoms with van der Waals surface area (Å²) in [7, 11) is 1.99. The molecule has 1 aromatic rings. The van der Waals surface area contributed by atoms with Gasteiger partial charge in [-0.2, -0.15) is 0 Å². The van der Waals surface area contributed by atoms with Crippen LogP contribution in [0.25, 0.3) is 0 Å². The van der Waals surface area contributed by atoms with E-state index in [9.17, 15) is 4.79 Å². The average Bonchev–Trinajstić information content (AvgIpc) is 2.80. The van der Waals surface area contributed by atoms with Crippen LogP contribution in [0.4, 0.5) is 5.82 Å². The van der Waals surface area contributed by atoms with Crippen LogP contribution in [0.3, 0.4) is 0 Å². The van der Waals surface area contributed by atoms with E-state index >= 15 is 0 Å². The third-order valence-corrected chi connectivity index (χ3v) is 3.34. The topological polar surface area (TPSA) is 61.0 Å². The van der Waals surface area contributed by atoms with E-state index < -0.39 is 0 Å². The van der Waals surface area contributed by atoms with Gasteiger partial charge in [-0.1, -0.05) is 13.8 Å². The second-order valence-corrected chi connectivity index (χ2v) is 5.32. The molecule has 0 saturated carbocycles. The van der Waals surface area contributed by atoms with Gasteiger partial charge in [0.1, 0.15) is 11.6 Å². The molecule has 18 heavy (non-hydrogen) atoms. The number of nitrogens with one attached hydrogen (secondary N) is 2. The molecule has 0 radical (unpaired) electrons. The van der Waals surface area contributed by atoms with Crippen molar-refractivity contribution in [2.45, 2.75) is 38.6 Å². The summed E-state index contributed by atoms with van der Waals surface area (Å²) in [5.41, 5.74) is -0.0741. The number of aromatic amines is 1. The first kappa shape index (κ1) is 13.1. The van der Waals surface area contributed by atoms with Gasteiger partial charge in [-0.05, 0) is 19.4 Å². The van der Waals surface area contributed by atoms with Crippen molar-refractivity contribution in [3.8, 4) is 0 Å². The third-order valence-electron chi connectivity index (χ3n) is 3.34. The quantitative estimate of drug-likeness (QED) is 0.839. The molecule has 0 aliphatic carbocycles. The van der Waals surface area contributed by atoms with Crippen LogP contribution < -0.4 is 15.8 Å². The van der Waals surface area contributed by atoms with Crippen LogP contribution in [0.15, 0.2) is 10.9 Å². The number of nitrogens with zero attached hydrogens (tertiary/aromatic N) is 2. The van der Waals surface area contributed by atoms with Crippen molar-refractivity contribution >= 4 is 5.82 Å². The van der Waals surface area contributed by atoms with Gasteiger partial charge in [-0.3, -0.25) is 4.79 Å². The van der Waals surface area contributed by atoms with Gasteiger partial charge in [0.15, 0.2) is 0 Å². The van der Waals surface area contributed by atoms with Gasteiger partial charge in [-0.25, -0.2) is 4.98 Å². The second-order valence-electron chi connectivity index (χ2n) is 5.32. The first-order valence-electron chi connectivity index (χ1n) is 6.62. The highest BCUT2D eigenvalue weighted by molar-refractivity contribution is 5.36. The number of rotatable bonds is 4. The van der Waals surface area contributed by atoms with Gasteiger partial charge in [-0.15, -0.1) is 0 Å². The Bertz CT molecular complexity index is 449. The summed E-state index contributed by atoms with van der Waals surface area (Å²) >= 11 is 0. The summed E-state index contributed by atoms with van der Waals surface area (Å²) in [4.78, 5) is 21.0. The van der Waals surface area contributed by atoms with Crippen molar-refractivity contribution < 1.29 is 0 Å². The zero-order chi connectivity index (χ0) is 13.1. The molecule has 0 bridgehead atoms. The minimum atomic E-state index is -0.0741. The minimum Gasteiger partial charge on any atom is -0.358 e. The number of hydrogen-bond donors (Lipinski definition) is 2. The summed E-state index contributed by atoms with van der Waals surface area (Å²) in [5.74, 6) is 1.75. The van der Waals surface area contributed by atoms with Crippen LogP contribution in [-0.2, 0) is 0 Å². The molecule has 1 fully saturated rings. The van der Waals surface area contributed by atoms with Crippen molar-refractivity contribution in [1.82, 2.24) is 15.3 Å². The zero-order valence-corrected chi connectivity index (χ0v) is 11.4. The molecule has 5 nitrogen and oxygen atoms in total. The Labute approximate surface area is 108 Å². The highest BCUT2D eigenvalue weighted by atomic mass is 16.1. The van der Waals surface area contributed by atoms with Crippen LogP contribution in [0.5, 0.6) is 0 Å². The molecule has 1 aliphatic heterocycles. The molecule has 0 spiro atoms. The van der Waals surface area contributed by atoms with E-state index in [1.165, 1.54) is 12.8 Å². The fraction of sp³-hybridized carbons (Fsp3) is 0.692. The van der Waals surface area contributed by atoms with Gasteiger partial charge in [0.25, 0.3) is 5.56 Å². The smallest absolute Gasteiger partial charge is 0.252 e. The van der Waals surface area contributed by atoms with E-state index in [1.54, 1.807) is 6.07 Å². The number of anilines is 1. The molecule has 5 heteroatoms. The molecule has 1 atom stereocenters. The zero-order valence-electron chi connectivity index (χ0n) is 11.4. The van der Waals surface area contributed by atoms with Crippen molar-refractivity contribution in [3.05, 3.63) is 22.2 Å². The SMILES string of the molecule is CC(C)c1nc(N(C)CC2CCCN2)cc(=O)[nH]1. The molecule has 2 rings (SSSR count). The van der Waals surface area contributed by atoms with E-state index in [0.29, 0.717) is 6.04 Å². The standard InChI is InChI=1S/C13H22N4O/c1-9(2)13-15-11(7-12(18)16-13)17(3)8-10-5-4-6-14-10/h7,9-10,14H,4-6,8H2,1-3H3,(H,15,16,18). The second kappa shape index (κ2) is 5.52. The first-order chi connectivity index (χ1) is 8.56. The lowest BCUT2D eigenvalue weighted by molar-refractivity contribution is 0.595. The molecule has 1 unspecified atom stereocenters. The maximum Gasteiger partial charge on any atom is 0.252 e. The van der Waals surface area contributed by atoms with Gasteiger partial charge in [0, 0.05) is 31.6 Å². The monoisotopic (exact) mass is 250 g/mol. The lowest BCUT2D eigenvalue weighted by atomic mass is 10.2. The Morgan fingerprint density at radius 1 is 1.56 bits per heavy atom. The van der Waals surface area contributed by atoms with Crippen molar-refractivity contribution in [1.29, 1.82) is 0 Å². The van der Waals surface area contributed by atoms with Gasteiger partial charge < -0.3 is 15.2 Å². The van der Waals surface area contributed by atoms with Gasteiger partial charge in [0.2, 0.25) is 0 Å². The molecular formula is C13H22N4O. The summed E-state index contributed by atoms with van der Waals surface area (Å²) in [6, 6.07) is 2.08. The molecule has 1 aromatic heterocycles. The predicted octanol–water partition coefficient (Wildman–Crippen LogP) is 1.08. The van der Waals surface area contributed by atoms with E-state index in [-0.39, 0.29) is 11.5 Å². The molecule has 0 amide bonds. The Morgan fingerprint density at radius 3 is 2.94 bits per heavy atom. The van der Waals surface area contributed by atoms with Crippen LogP contribution >= 0.6 is 0 Å². The number of likely N-dealkylation sites (N-methyl/N-ethyl adjacent to an activating group) is 1. The van der Waals surface area contributed by atoms with E-state index in [1.807, 2.05) is 20.9 Å². The van der Waals surface area contributed by atoms with Crippen molar-refractivity contribution in [2.24, 2.45) is 0 Å². The van der Waals surface area contributed by atoms with Gasteiger partial charge in [0.05, 0.1) is 0 Å². The van der Waals surface area contributed by atoms with Crippen molar-refractivity contribution in [2.75, 3.05) is 25.0 Å². The Morgan fingerprint density at radius 2 is 2.33 bits per heavy atom. The first-order valence-corrected chi connectivity index (χ1v) is 6.62. The summed E-state index contributed by atoms with van der Waals surface area (Å²) in [6.07, 6.45) is 2.43. The average molecular weight is 250 g/mol. The summed E-state index contributed by atoms with van der Waals surface area (Å²) < 4.78 is 0. The molecule has 2 heterocycles. The normalized spacial score (nSPS) is 19.4. The number of hydrogen-bond acceptors (Lipinski definition) is 4. The lowest BCUT2D eigenvalue weighted by Crippen LogP contribution is -2.36. The summed E-state index contributed by atoms with van der Waals surface area (Å²) in [6.45, 7) is 6.05. The minimum absolute atomic E-state index is 0.0741. The fourth-order valence-electron chi connectivity index (χ4n) is 2.27. The molecule has 1 saturated heterocycles. The van der Waals surface area contributed by atoms with Crippen molar-refractivity contribution in [3.63, 3.8) is 0 Å². The summed E-state index contributed by atoms with van der Waals surface area (Å²) in [5, 5.41) is 3.45. The third kappa shape index (κ3) is 3.10. The number of aromatic nitrogens is 2. The van der Waals surface area contributed by atoms with E-state index in [4.69, 9.17) is 0 Å². The highest BCUT2D eigenvalue weighted by Crippen LogP contribution is 2.14. The van der Waals surface area contributed by atoms with E-state index in [2.05, 4.69) is 20.2 Å². The van der Waals surface area contributed by atoms with Crippen LogP contribution in [0.1, 0.15) is 38.4 Å². The van der Waals surface area contributed by atoms with Crippen LogP contribution in [0.2, 0.25) is 0 Å².